The van der Waals surface area contributed by atoms with Crippen molar-refractivity contribution in [3.05, 3.63) is 28.8 Å². The first-order valence-electron chi connectivity index (χ1n) is 5.93. The lowest BCUT2D eigenvalue weighted by Gasteiger charge is -2.10. The van der Waals surface area contributed by atoms with E-state index in [2.05, 4.69) is 47.9 Å². The van der Waals surface area contributed by atoms with Crippen LogP contribution in [0.5, 0.6) is 5.75 Å². The van der Waals surface area contributed by atoms with Gasteiger partial charge in [0.1, 0.15) is 13.8 Å². The number of halogens is 1. The molecule has 0 aliphatic heterocycles. The Morgan fingerprint density at radius 3 is 2.40 bits per heavy atom. The monoisotopic (exact) mass is 332 g/mol. The van der Waals surface area contributed by atoms with Crippen molar-refractivity contribution in [1.29, 1.82) is 0 Å². The smallest absolute Gasteiger partial charge is 0.358 e. The molecule has 0 heterocycles. The van der Waals surface area contributed by atoms with Gasteiger partial charge in [-0.1, -0.05) is 29.4 Å². The van der Waals surface area contributed by atoms with Crippen LogP contribution in [-0.4, -0.2) is 16.5 Å². The highest BCUT2D eigenvalue weighted by Gasteiger charge is 2.14. The molecule has 0 fully saturated rings. The second-order valence-corrected chi connectivity index (χ2v) is 11.4. The summed E-state index contributed by atoms with van der Waals surface area (Å²) in [7, 11) is -6.61. The molecule has 0 saturated heterocycles. The Balaban J connectivity index is 3.35. The van der Waals surface area contributed by atoms with Gasteiger partial charge in [0.25, 0.3) is 0 Å². The number of hydrogen-bond acceptors (Lipinski definition) is 4. The topological polar surface area (TPSA) is 43.4 Å². The van der Waals surface area contributed by atoms with Crippen LogP contribution in [0.2, 0.25) is 19.6 Å². The molecule has 0 saturated carbocycles. The quantitative estimate of drug-likeness (QED) is 0.400. The van der Waals surface area contributed by atoms with Crippen LogP contribution in [0.3, 0.4) is 0 Å². The van der Waals surface area contributed by atoms with Crippen LogP contribution in [0.4, 0.5) is 3.89 Å². The van der Waals surface area contributed by atoms with Crippen LogP contribution in [0.15, 0.2) is 12.1 Å². The fourth-order valence-corrected chi connectivity index (χ4v) is 2.62. The molecule has 7 heteroatoms. The van der Waals surface area contributed by atoms with Crippen LogP contribution in [0, 0.1) is 18.4 Å². The summed E-state index contributed by atoms with van der Waals surface area (Å²) in [5, 5.41) is 0. The van der Waals surface area contributed by atoms with E-state index in [9.17, 15) is 12.3 Å². The maximum Gasteiger partial charge on any atom is 0.488 e. The van der Waals surface area contributed by atoms with Crippen LogP contribution in [0.25, 0.3) is 0 Å². The second kappa shape index (κ2) is 6.20. The summed E-state index contributed by atoms with van der Waals surface area (Å²) in [4.78, 5) is 0. The summed E-state index contributed by atoms with van der Waals surface area (Å²) >= 11 is 4.17. The molecule has 1 aromatic rings. The maximum absolute atomic E-state index is 12.6. The molecule has 0 aliphatic rings. The minimum absolute atomic E-state index is 0.0815. The van der Waals surface area contributed by atoms with Gasteiger partial charge < -0.3 is 4.18 Å². The molecule has 20 heavy (non-hydrogen) atoms. The standard InChI is InChI=1S/C13H17FO3S2Si/c1-10-11(5-6-20(2,3)4)7-13(8-12(10)9-18)17-19(14,15)16/h7-8,18H,9H2,1-4H3. The SMILES string of the molecule is Cc1c(C#C[Si](C)(C)C)cc(OS(=O)(=O)F)cc1CS. The maximum atomic E-state index is 12.6. The molecule has 0 bridgehead atoms. The molecule has 0 aliphatic carbocycles. The fraction of sp³-hybridized carbons (Fsp3) is 0.385. The molecule has 0 spiro atoms. The molecule has 0 atom stereocenters. The van der Waals surface area contributed by atoms with E-state index >= 15 is 0 Å². The highest BCUT2D eigenvalue weighted by Crippen LogP contribution is 2.24. The van der Waals surface area contributed by atoms with Crippen LogP contribution in [-0.2, 0) is 16.3 Å². The molecule has 110 valence electrons. The Morgan fingerprint density at radius 1 is 1.35 bits per heavy atom. The van der Waals surface area contributed by atoms with Crippen molar-refractivity contribution in [2.45, 2.75) is 32.3 Å². The minimum Gasteiger partial charge on any atom is -0.358 e. The summed E-state index contributed by atoms with van der Waals surface area (Å²) in [5.74, 6) is 3.34. The molecule has 0 N–H and O–H groups in total. The zero-order chi connectivity index (χ0) is 15.6. The average Bonchev–Trinajstić information content (AvgIpc) is 2.26. The Kier molecular flexibility index (Phi) is 5.30. The van der Waals surface area contributed by atoms with Gasteiger partial charge in [-0.05, 0) is 30.2 Å². The van der Waals surface area contributed by atoms with Gasteiger partial charge >= 0.3 is 10.5 Å². The van der Waals surface area contributed by atoms with E-state index in [1.807, 2.05) is 6.92 Å². The van der Waals surface area contributed by atoms with Crippen molar-refractivity contribution in [2.75, 3.05) is 0 Å². The molecule has 3 nitrogen and oxygen atoms in total. The van der Waals surface area contributed by atoms with Gasteiger partial charge in [-0.3, -0.25) is 0 Å². The van der Waals surface area contributed by atoms with E-state index in [0.29, 0.717) is 11.3 Å². The van der Waals surface area contributed by atoms with Crippen molar-refractivity contribution in [1.82, 2.24) is 0 Å². The first kappa shape index (κ1) is 17.1. The Labute approximate surface area is 126 Å². The van der Waals surface area contributed by atoms with E-state index in [0.717, 1.165) is 11.1 Å². The Hall–Kier alpha value is -0.973. The molecular formula is C13H17FO3S2Si. The predicted molar refractivity (Wildman–Crippen MR) is 84.7 cm³/mol. The first-order chi connectivity index (χ1) is 9.02. The summed E-state index contributed by atoms with van der Waals surface area (Å²) in [6.45, 7) is 8.16. The van der Waals surface area contributed by atoms with E-state index < -0.39 is 18.6 Å². The highest BCUT2D eigenvalue weighted by molar-refractivity contribution is 7.81. The van der Waals surface area contributed by atoms with Crippen molar-refractivity contribution in [3.63, 3.8) is 0 Å². The fourth-order valence-electron chi connectivity index (χ4n) is 1.46. The lowest BCUT2D eigenvalue weighted by Crippen LogP contribution is -2.16. The minimum atomic E-state index is -5.04. The largest absolute Gasteiger partial charge is 0.488 e. The number of thiol groups is 1. The lowest BCUT2D eigenvalue weighted by atomic mass is 10.0. The van der Waals surface area contributed by atoms with Crippen LogP contribution >= 0.6 is 12.6 Å². The summed E-state index contributed by atoms with van der Waals surface area (Å²) < 4.78 is 38.1. The van der Waals surface area contributed by atoms with Gasteiger partial charge in [-0.2, -0.15) is 21.0 Å². The molecule has 1 rings (SSSR count). The Bertz CT molecular complexity index is 667. The van der Waals surface area contributed by atoms with E-state index in [1.54, 1.807) is 0 Å². The molecule has 1 aromatic carbocycles. The van der Waals surface area contributed by atoms with E-state index in [4.69, 9.17) is 0 Å². The Morgan fingerprint density at radius 2 is 1.95 bits per heavy atom. The first-order valence-corrected chi connectivity index (χ1v) is 11.4. The second-order valence-electron chi connectivity index (χ2n) is 5.39. The zero-order valence-electron chi connectivity index (χ0n) is 11.8. The van der Waals surface area contributed by atoms with Crippen molar-refractivity contribution in [2.24, 2.45) is 0 Å². The van der Waals surface area contributed by atoms with Crippen LogP contribution < -0.4 is 4.18 Å². The molecular weight excluding hydrogens is 315 g/mol. The zero-order valence-corrected chi connectivity index (χ0v) is 14.5. The average molecular weight is 332 g/mol. The van der Waals surface area contributed by atoms with Gasteiger partial charge in [0.05, 0.1) is 0 Å². The third-order valence-electron chi connectivity index (χ3n) is 2.43. The third kappa shape index (κ3) is 5.57. The van der Waals surface area contributed by atoms with Gasteiger partial charge in [-0.15, -0.1) is 5.54 Å². The molecule has 0 radical (unpaired) electrons. The number of rotatable bonds is 3. The molecule has 0 unspecified atom stereocenters. The highest BCUT2D eigenvalue weighted by atomic mass is 32.3. The van der Waals surface area contributed by atoms with Gasteiger partial charge in [0.15, 0.2) is 0 Å². The van der Waals surface area contributed by atoms with E-state index in [1.165, 1.54) is 12.1 Å². The van der Waals surface area contributed by atoms with Crippen molar-refractivity contribution < 1.29 is 16.5 Å². The lowest BCUT2D eigenvalue weighted by molar-refractivity contribution is 0.440. The van der Waals surface area contributed by atoms with Crippen LogP contribution in [0.1, 0.15) is 16.7 Å². The van der Waals surface area contributed by atoms with Crippen molar-refractivity contribution in [3.8, 4) is 17.2 Å². The summed E-state index contributed by atoms with van der Waals surface area (Å²) in [6.07, 6.45) is 0. The summed E-state index contributed by atoms with van der Waals surface area (Å²) in [6, 6.07) is 2.89. The number of hydrogen-bond donors (Lipinski definition) is 1. The van der Waals surface area contributed by atoms with Gasteiger partial charge in [0.2, 0.25) is 0 Å². The van der Waals surface area contributed by atoms with Crippen molar-refractivity contribution >= 4 is 31.2 Å². The van der Waals surface area contributed by atoms with Gasteiger partial charge in [0, 0.05) is 11.3 Å². The van der Waals surface area contributed by atoms with E-state index in [-0.39, 0.29) is 5.75 Å². The molecule has 0 amide bonds. The normalized spacial score (nSPS) is 11.7. The molecule has 0 aromatic heterocycles. The number of benzene rings is 1. The summed E-state index contributed by atoms with van der Waals surface area (Å²) in [5.41, 5.74) is 5.48. The van der Waals surface area contributed by atoms with Gasteiger partial charge in [-0.25, -0.2) is 0 Å². The predicted octanol–water partition coefficient (Wildman–Crippen LogP) is 3.25. The third-order valence-corrected chi connectivity index (χ3v) is 4.03.